The van der Waals surface area contributed by atoms with E-state index in [1.807, 2.05) is 13.8 Å². The Morgan fingerprint density at radius 3 is 1.94 bits per heavy atom. The molecule has 33 heavy (non-hydrogen) atoms. The second-order valence-corrected chi connectivity index (χ2v) is 11.7. The predicted molar refractivity (Wildman–Crippen MR) is 121 cm³/mol. The zero-order valence-electron chi connectivity index (χ0n) is 21.4. The number of ether oxygens (including phenoxy) is 3. The van der Waals surface area contributed by atoms with Gasteiger partial charge >= 0.3 is 17.9 Å². The molecule has 0 radical (unpaired) electrons. The fourth-order valence-corrected chi connectivity index (χ4v) is 6.32. The number of hydrogen-bond acceptors (Lipinski definition) is 8. The number of carbonyl (C=O) groups excluding carboxylic acids is 3. The largest absolute Gasteiger partial charge is 0.469 e. The van der Waals surface area contributed by atoms with Crippen LogP contribution < -0.4 is 0 Å². The van der Waals surface area contributed by atoms with Gasteiger partial charge in [0, 0.05) is 5.41 Å². The van der Waals surface area contributed by atoms with Crippen molar-refractivity contribution in [1.82, 2.24) is 0 Å². The van der Waals surface area contributed by atoms with Crippen molar-refractivity contribution in [3.8, 4) is 0 Å². The van der Waals surface area contributed by atoms with Crippen LogP contribution in [0.3, 0.4) is 0 Å². The molecule has 8 nitrogen and oxygen atoms in total. The number of aliphatic hydroxyl groups is 2. The average molecular weight is 471 g/mol. The fraction of sp³-hybridized carbons (Fsp3) is 0.880. The molecule has 2 bridgehead atoms. The minimum Gasteiger partial charge on any atom is -0.469 e. The summed E-state index contributed by atoms with van der Waals surface area (Å²) in [5.74, 6) is -1.45. The highest BCUT2D eigenvalue weighted by Gasteiger charge is 2.58. The van der Waals surface area contributed by atoms with E-state index < -0.39 is 51.8 Å². The quantitative estimate of drug-likeness (QED) is 0.369. The van der Waals surface area contributed by atoms with Crippen LogP contribution in [0.4, 0.5) is 0 Å². The maximum atomic E-state index is 13.3. The molecule has 0 saturated heterocycles. The predicted octanol–water partition coefficient (Wildman–Crippen LogP) is 2.87. The van der Waals surface area contributed by atoms with Gasteiger partial charge < -0.3 is 24.4 Å². The Hall–Kier alpha value is -1.67. The SMILES string of the molecule is CCC(C)(CC(C)(CC(C)(C)C(=O)OC)C(=O)OC)C(=O)OCC1(C)CC2CC1C(O)C2O. The number of rotatable bonds is 10. The maximum absolute atomic E-state index is 13.3. The standard InChI is InChI=1S/C25H42O8/c1-9-23(4,13-25(6,20(29)32-8)12-22(2,3)19(28)31-7)21(30)33-14-24(5)11-15-10-16(24)18(27)17(15)26/h15-18,26-27H,9-14H2,1-8H3. The summed E-state index contributed by atoms with van der Waals surface area (Å²) in [5, 5.41) is 20.4. The van der Waals surface area contributed by atoms with Gasteiger partial charge in [0.2, 0.25) is 0 Å². The summed E-state index contributed by atoms with van der Waals surface area (Å²) in [6, 6.07) is 0. The Morgan fingerprint density at radius 1 is 0.909 bits per heavy atom. The molecule has 2 fully saturated rings. The number of hydrogen-bond donors (Lipinski definition) is 2. The van der Waals surface area contributed by atoms with Crippen LogP contribution in [0.25, 0.3) is 0 Å². The van der Waals surface area contributed by atoms with Gasteiger partial charge in [-0.3, -0.25) is 14.4 Å². The lowest BCUT2D eigenvalue weighted by atomic mass is 9.65. The minimum absolute atomic E-state index is 0.0226. The molecule has 0 aliphatic heterocycles. The molecule has 190 valence electrons. The van der Waals surface area contributed by atoms with Crippen molar-refractivity contribution in [2.24, 2.45) is 33.5 Å². The molecule has 0 aromatic rings. The average Bonchev–Trinajstić information content (AvgIpc) is 3.24. The van der Waals surface area contributed by atoms with Crippen LogP contribution in [0, 0.1) is 33.5 Å². The Balaban J connectivity index is 2.18. The lowest BCUT2D eigenvalue weighted by Crippen LogP contribution is -2.46. The lowest BCUT2D eigenvalue weighted by molar-refractivity contribution is -0.170. The van der Waals surface area contributed by atoms with Crippen molar-refractivity contribution in [3.63, 3.8) is 0 Å². The summed E-state index contributed by atoms with van der Waals surface area (Å²) in [7, 11) is 2.60. The molecule has 2 aliphatic carbocycles. The fourth-order valence-electron chi connectivity index (χ4n) is 6.32. The molecule has 7 unspecified atom stereocenters. The Labute approximate surface area is 197 Å². The zero-order chi connectivity index (χ0) is 25.4. The van der Waals surface area contributed by atoms with Crippen molar-refractivity contribution in [2.45, 2.75) is 85.9 Å². The minimum atomic E-state index is -1.12. The molecule has 8 heteroatoms. The molecule has 7 atom stereocenters. The van der Waals surface area contributed by atoms with Gasteiger partial charge in [-0.15, -0.1) is 0 Å². The molecule has 0 spiro atoms. The Kier molecular flexibility index (Phi) is 7.96. The molecule has 2 aliphatic rings. The molecule has 0 heterocycles. The highest BCUT2D eigenvalue weighted by molar-refractivity contribution is 5.82. The van der Waals surface area contributed by atoms with Crippen molar-refractivity contribution >= 4 is 17.9 Å². The first kappa shape index (κ1) is 27.6. The van der Waals surface area contributed by atoms with Crippen molar-refractivity contribution in [1.29, 1.82) is 0 Å². The molecule has 2 rings (SSSR count). The smallest absolute Gasteiger partial charge is 0.311 e. The Bertz CT molecular complexity index is 762. The third-order valence-electron chi connectivity index (χ3n) is 8.26. The lowest BCUT2D eigenvalue weighted by Gasteiger charge is -2.41. The van der Waals surface area contributed by atoms with Crippen LogP contribution in [-0.2, 0) is 28.6 Å². The summed E-state index contributed by atoms with van der Waals surface area (Å²) in [5.41, 5.74) is -3.45. The zero-order valence-corrected chi connectivity index (χ0v) is 21.4. The third kappa shape index (κ3) is 5.21. The second kappa shape index (κ2) is 9.53. The number of carbonyl (C=O) groups is 3. The van der Waals surface area contributed by atoms with E-state index in [1.165, 1.54) is 14.2 Å². The van der Waals surface area contributed by atoms with Crippen LogP contribution >= 0.6 is 0 Å². The number of methoxy groups -OCH3 is 2. The third-order valence-corrected chi connectivity index (χ3v) is 8.26. The summed E-state index contributed by atoms with van der Waals surface area (Å²) >= 11 is 0. The summed E-state index contributed by atoms with van der Waals surface area (Å²) in [6.07, 6.45) is 0.636. The number of esters is 3. The first-order valence-corrected chi connectivity index (χ1v) is 11.8. The first-order chi connectivity index (χ1) is 15.1. The van der Waals surface area contributed by atoms with E-state index in [0.717, 1.165) is 6.42 Å². The second-order valence-electron chi connectivity index (χ2n) is 11.7. The van der Waals surface area contributed by atoms with Gasteiger partial charge in [-0.2, -0.15) is 0 Å². The van der Waals surface area contributed by atoms with Gasteiger partial charge in [-0.1, -0.05) is 13.8 Å². The molecular formula is C25H42O8. The van der Waals surface area contributed by atoms with Crippen molar-refractivity contribution in [2.75, 3.05) is 20.8 Å². The highest BCUT2D eigenvalue weighted by atomic mass is 16.5. The van der Waals surface area contributed by atoms with E-state index in [1.54, 1.807) is 27.7 Å². The van der Waals surface area contributed by atoms with Gasteiger partial charge in [0.1, 0.15) is 0 Å². The van der Waals surface area contributed by atoms with Crippen LogP contribution in [0.2, 0.25) is 0 Å². The first-order valence-electron chi connectivity index (χ1n) is 11.8. The Morgan fingerprint density at radius 2 is 1.48 bits per heavy atom. The summed E-state index contributed by atoms with van der Waals surface area (Å²) < 4.78 is 15.8. The monoisotopic (exact) mass is 470 g/mol. The molecule has 0 aromatic carbocycles. The number of fused-ring (bicyclic) bond motifs is 2. The van der Waals surface area contributed by atoms with E-state index in [4.69, 9.17) is 14.2 Å². The highest BCUT2D eigenvalue weighted by Crippen LogP contribution is 2.56. The molecular weight excluding hydrogens is 428 g/mol. The van der Waals surface area contributed by atoms with Crippen LogP contribution in [-0.4, -0.2) is 61.2 Å². The van der Waals surface area contributed by atoms with Crippen molar-refractivity contribution in [3.05, 3.63) is 0 Å². The van der Waals surface area contributed by atoms with Crippen LogP contribution in [0.1, 0.15) is 73.6 Å². The maximum Gasteiger partial charge on any atom is 0.311 e. The molecule has 0 aromatic heterocycles. The topological polar surface area (TPSA) is 119 Å². The van der Waals surface area contributed by atoms with E-state index in [9.17, 15) is 24.6 Å². The van der Waals surface area contributed by atoms with E-state index in [-0.39, 0.29) is 31.3 Å². The molecule has 2 saturated carbocycles. The van der Waals surface area contributed by atoms with Crippen molar-refractivity contribution < 1.29 is 38.8 Å². The molecule has 0 amide bonds. The summed E-state index contributed by atoms with van der Waals surface area (Å²) in [6.45, 7) is 10.9. The van der Waals surface area contributed by atoms with E-state index in [0.29, 0.717) is 12.8 Å². The van der Waals surface area contributed by atoms with E-state index in [2.05, 4.69) is 0 Å². The van der Waals surface area contributed by atoms with Crippen LogP contribution in [0.15, 0.2) is 0 Å². The van der Waals surface area contributed by atoms with Crippen LogP contribution in [0.5, 0.6) is 0 Å². The van der Waals surface area contributed by atoms with Gasteiger partial charge in [0.25, 0.3) is 0 Å². The van der Waals surface area contributed by atoms with Gasteiger partial charge in [-0.25, -0.2) is 0 Å². The van der Waals surface area contributed by atoms with Gasteiger partial charge in [0.05, 0.1) is 49.3 Å². The molecule has 2 N–H and O–H groups in total. The number of aliphatic hydroxyl groups excluding tert-OH is 2. The van der Waals surface area contributed by atoms with E-state index >= 15 is 0 Å². The van der Waals surface area contributed by atoms with Gasteiger partial charge in [-0.05, 0) is 71.6 Å². The normalized spacial score (nSPS) is 32.5. The summed E-state index contributed by atoms with van der Waals surface area (Å²) in [4.78, 5) is 38.4. The van der Waals surface area contributed by atoms with Gasteiger partial charge in [0.15, 0.2) is 0 Å².